The van der Waals surface area contributed by atoms with Gasteiger partial charge in [-0.1, -0.05) is 23.2 Å². The van der Waals surface area contributed by atoms with E-state index in [1.54, 1.807) is 0 Å². The summed E-state index contributed by atoms with van der Waals surface area (Å²) >= 11 is 9.83. The van der Waals surface area contributed by atoms with Crippen molar-refractivity contribution in [3.8, 4) is 0 Å². The van der Waals surface area contributed by atoms with E-state index in [0.717, 1.165) is 0 Å². The molecule has 0 aromatic carbocycles. The highest BCUT2D eigenvalue weighted by Crippen LogP contribution is 2.01. The molecule has 0 saturated carbocycles. The van der Waals surface area contributed by atoms with Crippen molar-refractivity contribution in [2.45, 2.75) is 5.02 Å². The third-order valence-electron chi connectivity index (χ3n) is 0.205. The van der Waals surface area contributed by atoms with Crippen LogP contribution < -0.4 is 5.73 Å². The van der Waals surface area contributed by atoms with E-state index >= 15 is 0 Å². The zero-order chi connectivity index (χ0) is 5.86. The Balaban J connectivity index is 3.13. The van der Waals surface area contributed by atoms with Crippen molar-refractivity contribution in [3.63, 3.8) is 0 Å². The van der Waals surface area contributed by atoms with Crippen molar-refractivity contribution in [1.82, 2.24) is 0 Å². The lowest BCUT2D eigenvalue weighted by Crippen LogP contribution is -2.14. The number of hydrogen-bond donors (Lipinski definition) is 1. The molecule has 3 nitrogen and oxygen atoms in total. The number of ether oxygens (including phenoxy) is 1. The molecule has 2 N–H and O–H groups in total. The summed E-state index contributed by atoms with van der Waals surface area (Å²) in [5.41, 5.74) is 4.46. The van der Waals surface area contributed by atoms with Crippen LogP contribution in [0.3, 0.4) is 0 Å². The average molecular weight is 144 g/mol. The summed E-state index contributed by atoms with van der Waals surface area (Å²) in [5.74, 6) is 0. The second-order valence-electron chi connectivity index (χ2n) is 0.698. The van der Waals surface area contributed by atoms with E-state index in [4.69, 9.17) is 23.2 Å². The molecule has 0 aliphatic heterocycles. The monoisotopic (exact) mass is 143 g/mol. The van der Waals surface area contributed by atoms with Gasteiger partial charge in [0.25, 0.3) is 5.02 Å². The quantitative estimate of drug-likeness (QED) is 0.554. The molecule has 0 rings (SSSR count). The van der Waals surface area contributed by atoms with Crippen molar-refractivity contribution in [3.05, 3.63) is 0 Å². The first-order valence-electron chi connectivity index (χ1n) is 1.37. The molecule has 0 saturated heterocycles. The Morgan fingerprint density at radius 3 is 2.14 bits per heavy atom. The first-order valence-corrected chi connectivity index (χ1v) is 2.24. The van der Waals surface area contributed by atoms with E-state index in [-0.39, 0.29) is 0 Å². The van der Waals surface area contributed by atoms with Gasteiger partial charge in [0.1, 0.15) is 0 Å². The van der Waals surface area contributed by atoms with Crippen LogP contribution in [0.5, 0.6) is 0 Å². The Bertz CT molecular complexity index is 74.1. The van der Waals surface area contributed by atoms with E-state index < -0.39 is 11.1 Å². The van der Waals surface area contributed by atoms with Crippen LogP contribution in [0.1, 0.15) is 0 Å². The van der Waals surface area contributed by atoms with Crippen molar-refractivity contribution >= 4 is 29.3 Å². The number of carbonyl (C=O) groups is 1. The molecule has 0 aliphatic carbocycles. The van der Waals surface area contributed by atoms with Gasteiger partial charge in [-0.3, -0.25) is 0 Å². The fraction of sp³-hybridized carbons (Fsp3) is 0.500. The van der Waals surface area contributed by atoms with Gasteiger partial charge < -0.3 is 10.5 Å². The largest absolute Gasteiger partial charge is 0.415 e. The Morgan fingerprint density at radius 2 is 2.14 bits per heavy atom. The maximum Gasteiger partial charge on any atom is 0.406 e. The maximum absolute atomic E-state index is 9.64. The van der Waals surface area contributed by atoms with Gasteiger partial charge in [0, 0.05) is 0 Å². The van der Waals surface area contributed by atoms with Crippen LogP contribution in [0.25, 0.3) is 0 Å². The van der Waals surface area contributed by atoms with Crippen molar-refractivity contribution in [1.29, 1.82) is 0 Å². The van der Waals surface area contributed by atoms with E-state index in [9.17, 15) is 4.79 Å². The third-order valence-corrected chi connectivity index (χ3v) is 0.383. The number of amides is 1. The summed E-state index contributed by atoms with van der Waals surface area (Å²) in [4.78, 5) is 9.64. The highest BCUT2D eigenvalue weighted by atomic mass is 35.5. The zero-order valence-corrected chi connectivity index (χ0v) is 4.74. The van der Waals surface area contributed by atoms with Gasteiger partial charge >= 0.3 is 6.09 Å². The van der Waals surface area contributed by atoms with Gasteiger partial charge in [-0.2, -0.15) is 0 Å². The molecular weight excluding hydrogens is 141 g/mol. The Kier molecular flexibility index (Phi) is 2.87. The molecule has 0 atom stereocenters. The summed E-state index contributed by atoms with van der Waals surface area (Å²) in [6.07, 6.45) is -0.977. The van der Waals surface area contributed by atoms with Crippen LogP contribution >= 0.6 is 23.2 Å². The number of rotatable bonds is 1. The Morgan fingerprint density at radius 1 is 1.71 bits per heavy atom. The van der Waals surface area contributed by atoms with E-state index in [1.807, 2.05) is 0 Å². The van der Waals surface area contributed by atoms with Gasteiger partial charge in [-0.15, -0.1) is 0 Å². The minimum absolute atomic E-state index is 0.977. The van der Waals surface area contributed by atoms with E-state index in [2.05, 4.69) is 10.5 Å². The van der Waals surface area contributed by atoms with E-state index in [1.165, 1.54) is 0 Å². The van der Waals surface area contributed by atoms with Gasteiger partial charge in [0.2, 0.25) is 0 Å². The molecule has 0 fully saturated rings. The summed E-state index contributed by atoms with van der Waals surface area (Å²) in [6, 6.07) is 0. The van der Waals surface area contributed by atoms with Crippen molar-refractivity contribution in [2.75, 3.05) is 0 Å². The second-order valence-corrected chi connectivity index (χ2v) is 1.71. The zero-order valence-electron chi connectivity index (χ0n) is 3.23. The van der Waals surface area contributed by atoms with Crippen molar-refractivity contribution in [2.24, 2.45) is 5.73 Å². The lowest BCUT2D eigenvalue weighted by Gasteiger charge is -1.96. The molecule has 0 heterocycles. The standard InChI is InChI=1S/C2H3Cl2NO2/c3-1(4)7-2(5)6/h1H,(H2,5,6). The van der Waals surface area contributed by atoms with Crippen LogP contribution in [0, 0.1) is 0 Å². The number of primary amides is 1. The summed E-state index contributed by atoms with van der Waals surface area (Å²) in [5, 5.41) is -1.16. The summed E-state index contributed by atoms with van der Waals surface area (Å²) in [7, 11) is 0. The fourth-order valence-electron chi connectivity index (χ4n) is 0.0878. The number of hydrogen-bond acceptors (Lipinski definition) is 2. The minimum atomic E-state index is -1.16. The van der Waals surface area contributed by atoms with Crippen LogP contribution in [-0.2, 0) is 4.74 Å². The SMILES string of the molecule is NC(=O)OC(Cl)Cl. The molecule has 0 bridgehead atoms. The summed E-state index contributed by atoms with van der Waals surface area (Å²) in [6.45, 7) is 0. The third kappa shape index (κ3) is 5.85. The van der Waals surface area contributed by atoms with Gasteiger partial charge in [-0.25, -0.2) is 4.79 Å². The molecule has 0 spiro atoms. The predicted molar refractivity (Wildman–Crippen MR) is 26.2 cm³/mol. The lowest BCUT2D eigenvalue weighted by molar-refractivity contribution is 0.166. The molecular formula is C2H3Cl2NO2. The molecule has 1 amide bonds. The van der Waals surface area contributed by atoms with Gasteiger partial charge in [0.15, 0.2) is 0 Å². The van der Waals surface area contributed by atoms with Crippen molar-refractivity contribution < 1.29 is 9.53 Å². The smallest absolute Gasteiger partial charge is 0.406 e. The first kappa shape index (κ1) is 6.85. The molecule has 0 unspecified atom stereocenters. The highest BCUT2D eigenvalue weighted by molar-refractivity contribution is 6.43. The Labute approximate surface area is 50.3 Å². The number of nitrogens with two attached hydrogens (primary N) is 1. The fourth-order valence-corrected chi connectivity index (χ4v) is 0.263. The molecule has 0 aromatic rings. The van der Waals surface area contributed by atoms with Crippen LogP contribution in [0.4, 0.5) is 4.79 Å². The summed E-state index contributed by atoms with van der Waals surface area (Å²) < 4.78 is 3.92. The van der Waals surface area contributed by atoms with Gasteiger partial charge in [-0.05, 0) is 0 Å². The molecule has 42 valence electrons. The van der Waals surface area contributed by atoms with Crippen LogP contribution in [-0.4, -0.2) is 11.1 Å². The molecule has 0 aliphatic rings. The highest BCUT2D eigenvalue weighted by Gasteiger charge is 1.99. The number of carbonyl (C=O) groups excluding carboxylic acids is 1. The predicted octanol–water partition coefficient (Wildman–Crippen LogP) is 0.843. The molecule has 0 aromatic heterocycles. The first-order chi connectivity index (χ1) is 3.13. The molecule has 5 heteroatoms. The van der Waals surface area contributed by atoms with Gasteiger partial charge in [0.05, 0.1) is 0 Å². The van der Waals surface area contributed by atoms with Crippen LogP contribution in [0.2, 0.25) is 0 Å². The minimum Gasteiger partial charge on any atom is -0.415 e. The normalized spacial score (nSPS) is 9.00. The topological polar surface area (TPSA) is 52.3 Å². The maximum atomic E-state index is 9.64. The Hall–Kier alpha value is -0.150. The lowest BCUT2D eigenvalue weighted by atomic mass is 11.2. The molecule has 7 heavy (non-hydrogen) atoms. The number of halogens is 2. The second kappa shape index (κ2) is 2.93. The van der Waals surface area contributed by atoms with Crippen LogP contribution in [0.15, 0.2) is 0 Å². The average Bonchev–Trinajstić information content (AvgIpc) is 1.27. The van der Waals surface area contributed by atoms with E-state index in [0.29, 0.717) is 0 Å². The molecule has 0 radical (unpaired) electrons. The number of alkyl halides is 2.